The Balaban J connectivity index is 1.51. The van der Waals surface area contributed by atoms with Crippen molar-refractivity contribution in [2.75, 3.05) is 11.6 Å². The molecule has 160 valence electrons. The van der Waals surface area contributed by atoms with Crippen molar-refractivity contribution in [2.45, 2.75) is 62.7 Å². The minimum Gasteiger partial charge on any atom is -0.472 e. The van der Waals surface area contributed by atoms with Gasteiger partial charge in [0.1, 0.15) is 23.0 Å². The summed E-state index contributed by atoms with van der Waals surface area (Å²) in [5, 5.41) is 6.85. The van der Waals surface area contributed by atoms with Crippen molar-refractivity contribution >= 4 is 21.4 Å². The average molecular weight is 436 g/mol. The maximum absolute atomic E-state index is 14.8. The molecule has 1 aliphatic heterocycles. The minimum absolute atomic E-state index is 0.0110. The number of carbonyl (C=O) groups excluding carboxylic acids is 1. The summed E-state index contributed by atoms with van der Waals surface area (Å²) in [6.45, 7) is 2.41. The van der Waals surface area contributed by atoms with Crippen molar-refractivity contribution in [2.24, 2.45) is 4.36 Å². The Hall–Kier alpha value is -2.49. The number of aromatic nitrogens is 2. The number of fused-ring (bicyclic) bond motifs is 3. The molecule has 3 aliphatic rings. The second-order valence-electron chi connectivity index (χ2n) is 8.21. The van der Waals surface area contributed by atoms with E-state index in [1.807, 2.05) is 6.92 Å². The fourth-order valence-corrected chi connectivity index (χ4v) is 5.87. The van der Waals surface area contributed by atoms with Crippen LogP contribution in [0.3, 0.4) is 0 Å². The van der Waals surface area contributed by atoms with Gasteiger partial charge in [-0.15, -0.1) is 4.36 Å². The molecular weight excluding hydrogens is 414 g/mol. The van der Waals surface area contributed by atoms with E-state index in [2.05, 4.69) is 14.8 Å². The van der Waals surface area contributed by atoms with Crippen LogP contribution in [0, 0.1) is 5.82 Å². The first-order valence-corrected chi connectivity index (χ1v) is 11.9. The number of benzene rings is 1. The van der Waals surface area contributed by atoms with E-state index in [0.717, 1.165) is 6.42 Å². The van der Waals surface area contributed by atoms with E-state index in [-0.39, 0.29) is 29.7 Å². The van der Waals surface area contributed by atoms with Crippen LogP contribution in [-0.4, -0.2) is 38.6 Å². The number of nitrogens with zero attached hydrogens (tertiary/aromatic N) is 3. The van der Waals surface area contributed by atoms with E-state index >= 15 is 0 Å². The lowest BCUT2D eigenvalue weighted by Crippen LogP contribution is -2.15. The van der Waals surface area contributed by atoms with Crippen molar-refractivity contribution < 1.29 is 22.5 Å². The predicted molar refractivity (Wildman–Crippen MR) is 107 cm³/mol. The van der Waals surface area contributed by atoms with Crippen LogP contribution in [0.2, 0.25) is 0 Å². The summed E-state index contributed by atoms with van der Waals surface area (Å²) in [7, 11) is -3.13. The molecule has 10 heteroatoms. The van der Waals surface area contributed by atoms with Gasteiger partial charge in [-0.1, -0.05) is 0 Å². The highest BCUT2D eigenvalue weighted by molar-refractivity contribution is 7.93. The van der Waals surface area contributed by atoms with E-state index in [1.54, 1.807) is 4.68 Å². The van der Waals surface area contributed by atoms with Crippen molar-refractivity contribution in [1.82, 2.24) is 9.78 Å². The van der Waals surface area contributed by atoms with Gasteiger partial charge in [-0.3, -0.25) is 0 Å². The largest absolute Gasteiger partial charge is 0.472 e. The molecular formula is C20H22F2N4O3S. The molecule has 1 N–H and O–H groups in total. The number of nitrogens with one attached hydrogen (secondary N) is 1. The van der Waals surface area contributed by atoms with Gasteiger partial charge in [-0.25, -0.2) is 22.5 Å². The molecule has 7 nitrogen and oxygen atoms in total. The van der Waals surface area contributed by atoms with Crippen molar-refractivity contribution in [3.05, 3.63) is 34.3 Å². The first kappa shape index (κ1) is 19.5. The van der Waals surface area contributed by atoms with Gasteiger partial charge in [0.15, 0.2) is 0 Å². The summed E-state index contributed by atoms with van der Waals surface area (Å²) in [4.78, 5) is 13.0. The SMILES string of the molecule is CC1Cn2ncc(S(C)(=O)=NC(=O)Nc3c4c(c(F)c5c3C[C@H](F)C5)CCC4)c2O1. The Bertz CT molecular complexity index is 1200. The standard InChI is InChI=1S/C20H22F2N4O3S/c1-10-9-26-19(29-10)16(8-23-26)30(2,28)25-20(27)24-18-13-5-3-4-12(13)17(22)14-6-11(21)7-15(14)18/h8,10-11H,3-7,9H2,1-2H3,(H,24,27)/t10?,11-,30?/m1/s1. The summed E-state index contributed by atoms with van der Waals surface area (Å²) in [6.07, 6.45) is 3.50. The number of hydrogen-bond acceptors (Lipinski definition) is 4. The molecule has 1 aromatic carbocycles. The summed E-state index contributed by atoms with van der Waals surface area (Å²) < 4.78 is 53.2. The zero-order valence-corrected chi connectivity index (χ0v) is 17.5. The topological polar surface area (TPSA) is 85.6 Å². The van der Waals surface area contributed by atoms with Gasteiger partial charge < -0.3 is 10.1 Å². The highest BCUT2D eigenvalue weighted by Crippen LogP contribution is 2.41. The average Bonchev–Trinajstić information content (AvgIpc) is 3.40. The minimum atomic E-state index is -3.13. The van der Waals surface area contributed by atoms with Gasteiger partial charge >= 0.3 is 6.03 Å². The first-order valence-electron chi connectivity index (χ1n) is 9.99. The lowest BCUT2D eigenvalue weighted by atomic mass is 9.98. The van der Waals surface area contributed by atoms with Gasteiger partial charge in [0.25, 0.3) is 0 Å². The number of carbonyl (C=O) groups is 1. The molecule has 5 rings (SSSR count). The lowest BCUT2D eigenvalue weighted by molar-refractivity contribution is 0.248. The predicted octanol–water partition coefficient (Wildman–Crippen LogP) is 3.42. The maximum Gasteiger partial charge on any atom is 0.353 e. The molecule has 0 saturated heterocycles. The number of amides is 2. The van der Waals surface area contributed by atoms with Crippen LogP contribution in [0.25, 0.3) is 0 Å². The third kappa shape index (κ3) is 3.00. The van der Waals surface area contributed by atoms with Crippen LogP contribution in [0.15, 0.2) is 15.5 Å². The zero-order valence-electron chi connectivity index (χ0n) is 16.7. The summed E-state index contributed by atoms with van der Waals surface area (Å²) in [5.74, 6) is 0.0176. The number of urea groups is 1. The van der Waals surface area contributed by atoms with Crippen LogP contribution >= 0.6 is 0 Å². The lowest BCUT2D eigenvalue weighted by Gasteiger charge is -2.16. The second-order valence-corrected chi connectivity index (χ2v) is 10.4. The summed E-state index contributed by atoms with van der Waals surface area (Å²) in [6, 6.07) is -0.807. The van der Waals surface area contributed by atoms with E-state index in [9.17, 15) is 17.8 Å². The van der Waals surface area contributed by atoms with Gasteiger partial charge in [0.2, 0.25) is 5.88 Å². The highest BCUT2D eigenvalue weighted by atomic mass is 32.2. The molecule has 1 aromatic heterocycles. The quantitative estimate of drug-likeness (QED) is 0.782. The van der Waals surface area contributed by atoms with Gasteiger partial charge in [-0.2, -0.15) is 5.10 Å². The molecule has 2 unspecified atom stereocenters. The molecule has 2 amide bonds. The van der Waals surface area contributed by atoms with Crippen LogP contribution in [0.5, 0.6) is 5.88 Å². The molecule has 0 fully saturated rings. The molecule has 0 spiro atoms. The highest BCUT2D eigenvalue weighted by Gasteiger charge is 2.34. The maximum atomic E-state index is 14.8. The molecule has 3 atom stereocenters. The number of halogens is 2. The van der Waals surface area contributed by atoms with Crippen molar-refractivity contribution in [3.63, 3.8) is 0 Å². The molecule has 2 aliphatic carbocycles. The molecule has 2 heterocycles. The van der Waals surface area contributed by atoms with E-state index in [4.69, 9.17) is 4.74 Å². The normalized spacial score (nSPS) is 23.3. The Morgan fingerprint density at radius 1 is 1.30 bits per heavy atom. The van der Waals surface area contributed by atoms with Crippen molar-refractivity contribution in [1.29, 1.82) is 0 Å². The fourth-order valence-electron chi connectivity index (χ4n) is 4.69. The number of rotatable bonds is 2. The van der Waals surface area contributed by atoms with Gasteiger partial charge in [-0.05, 0) is 48.4 Å². The summed E-state index contributed by atoms with van der Waals surface area (Å²) in [5.41, 5.74) is 2.53. The number of hydrogen-bond donors (Lipinski definition) is 1. The number of ether oxygens (including phenoxy) is 1. The van der Waals surface area contributed by atoms with E-state index in [1.165, 1.54) is 12.5 Å². The summed E-state index contributed by atoms with van der Waals surface area (Å²) >= 11 is 0. The third-order valence-electron chi connectivity index (χ3n) is 5.97. The smallest absolute Gasteiger partial charge is 0.353 e. The Kier molecular flexibility index (Phi) is 4.39. The Labute approximate surface area is 173 Å². The molecule has 30 heavy (non-hydrogen) atoms. The molecule has 0 saturated carbocycles. The van der Waals surface area contributed by atoms with E-state index < -0.39 is 21.9 Å². The Morgan fingerprint density at radius 3 is 2.83 bits per heavy atom. The van der Waals surface area contributed by atoms with Crippen LogP contribution in [0.1, 0.15) is 35.6 Å². The second kappa shape index (κ2) is 6.76. The first-order chi connectivity index (χ1) is 14.2. The van der Waals surface area contributed by atoms with Gasteiger partial charge in [0.05, 0.1) is 22.5 Å². The van der Waals surface area contributed by atoms with E-state index in [0.29, 0.717) is 53.2 Å². The van der Waals surface area contributed by atoms with Gasteiger partial charge in [0, 0.05) is 24.8 Å². The molecule has 2 aromatic rings. The number of anilines is 1. The molecule has 0 bridgehead atoms. The molecule has 0 radical (unpaired) electrons. The fraction of sp³-hybridized carbons (Fsp3) is 0.500. The zero-order chi connectivity index (χ0) is 21.2. The monoisotopic (exact) mass is 436 g/mol. The van der Waals surface area contributed by atoms with Crippen LogP contribution in [-0.2, 0) is 42.0 Å². The van der Waals surface area contributed by atoms with Crippen LogP contribution < -0.4 is 10.1 Å². The van der Waals surface area contributed by atoms with Crippen LogP contribution in [0.4, 0.5) is 19.3 Å². The van der Waals surface area contributed by atoms with Crippen molar-refractivity contribution in [3.8, 4) is 5.88 Å². The Morgan fingerprint density at radius 2 is 2.03 bits per heavy atom. The third-order valence-corrected chi connectivity index (χ3v) is 7.58. The number of alkyl halides is 1.